The molecule has 4 heteroatoms. The van der Waals surface area contributed by atoms with Crippen molar-refractivity contribution in [1.29, 1.82) is 0 Å². The zero-order valence-corrected chi connectivity index (χ0v) is 7.04. The van der Waals surface area contributed by atoms with Gasteiger partial charge in [-0.25, -0.2) is 0 Å². The van der Waals surface area contributed by atoms with Gasteiger partial charge in [0.15, 0.2) is 5.56 Å². The molecule has 64 valence electrons. The van der Waals surface area contributed by atoms with Crippen LogP contribution >= 0.6 is 11.6 Å². The smallest absolute Gasteiger partial charge is 0.313 e. The second kappa shape index (κ2) is 3.41. The molecule has 0 aromatic carbocycles. The van der Waals surface area contributed by atoms with Crippen LogP contribution in [0.2, 0.25) is 0 Å². The van der Waals surface area contributed by atoms with E-state index in [1.54, 1.807) is 0 Å². The average Bonchev–Trinajstić information content (AvgIpc) is 1.85. The highest BCUT2D eigenvalue weighted by molar-refractivity contribution is 6.20. The van der Waals surface area contributed by atoms with Gasteiger partial charge in [-0.3, -0.25) is 4.79 Å². The van der Waals surface area contributed by atoms with E-state index in [4.69, 9.17) is 16.3 Å². The largest absolute Gasteiger partial charge is 0.446 e. The van der Waals surface area contributed by atoms with Gasteiger partial charge in [0, 0.05) is 6.42 Å². The molecule has 0 unspecified atom stereocenters. The number of alkyl halides is 1. The van der Waals surface area contributed by atoms with Crippen LogP contribution in [-0.2, 0) is 9.53 Å². The molecule has 1 saturated heterocycles. The van der Waals surface area contributed by atoms with Crippen LogP contribution < -0.4 is 0 Å². The summed E-state index contributed by atoms with van der Waals surface area (Å²) < 4.78 is 4.73. The van der Waals surface area contributed by atoms with Crippen LogP contribution in [0.3, 0.4) is 0 Å². The van der Waals surface area contributed by atoms with Crippen molar-refractivity contribution < 1.29 is 14.6 Å². The second-order valence-electron chi connectivity index (χ2n) is 2.66. The lowest BCUT2D eigenvalue weighted by molar-refractivity contribution is -0.163. The van der Waals surface area contributed by atoms with E-state index in [0.29, 0.717) is 12.8 Å². The highest BCUT2D eigenvalue weighted by atomic mass is 35.5. The standard InChI is InChI=1S/C7H11ClO3/c1-2-4-5(9)3-6(8)11-7(4)10/h4-6,9H,2-3H2,1H3/t4-,5-,6-/m0/s1. The molecule has 1 aliphatic rings. The van der Waals surface area contributed by atoms with E-state index in [2.05, 4.69) is 0 Å². The van der Waals surface area contributed by atoms with Crippen LogP contribution in [-0.4, -0.2) is 22.7 Å². The first-order valence-corrected chi connectivity index (χ1v) is 4.11. The summed E-state index contributed by atoms with van der Waals surface area (Å²) in [7, 11) is 0. The molecule has 3 nitrogen and oxygen atoms in total. The molecule has 0 aromatic rings. The molecule has 1 N–H and O–H groups in total. The first kappa shape index (κ1) is 8.81. The quantitative estimate of drug-likeness (QED) is 0.479. The van der Waals surface area contributed by atoms with E-state index in [1.807, 2.05) is 6.92 Å². The van der Waals surface area contributed by atoms with Crippen LogP contribution in [0.1, 0.15) is 19.8 Å². The second-order valence-corrected chi connectivity index (χ2v) is 3.15. The van der Waals surface area contributed by atoms with E-state index in [9.17, 15) is 9.90 Å². The lowest BCUT2D eigenvalue weighted by Gasteiger charge is -2.28. The van der Waals surface area contributed by atoms with Crippen molar-refractivity contribution in [2.24, 2.45) is 5.92 Å². The Balaban J connectivity index is 2.59. The molecule has 0 aliphatic carbocycles. The molecule has 0 aromatic heterocycles. The van der Waals surface area contributed by atoms with Crippen LogP contribution in [0, 0.1) is 5.92 Å². The summed E-state index contributed by atoms with van der Waals surface area (Å²) in [4.78, 5) is 11.0. The number of halogens is 1. The molecule has 1 rings (SSSR count). The number of carbonyl (C=O) groups is 1. The van der Waals surface area contributed by atoms with E-state index in [1.165, 1.54) is 0 Å². The van der Waals surface area contributed by atoms with Crippen LogP contribution in [0.25, 0.3) is 0 Å². The molecule has 0 radical (unpaired) electrons. The minimum Gasteiger partial charge on any atom is -0.446 e. The average molecular weight is 179 g/mol. The van der Waals surface area contributed by atoms with Crippen LogP contribution in [0.4, 0.5) is 0 Å². The van der Waals surface area contributed by atoms with E-state index in [0.717, 1.165) is 0 Å². The van der Waals surface area contributed by atoms with Gasteiger partial charge < -0.3 is 9.84 Å². The van der Waals surface area contributed by atoms with Gasteiger partial charge in [0.2, 0.25) is 0 Å². The van der Waals surface area contributed by atoms with Gasteiger partial charge in [-0.1, -0.05) is 18.5 Å². The van der Waals surface area contributed by atoms with E-state index in [-0.39, 0.29) is 11.9 Å². The summed E-state index contributed by atoms with van der Waals surface area (Å²) in [5.74, 6) is -0.767. The van der Waals surface area contributed by atoms with Crippen molar-refractivity contribution in [3.05, 3.63) is 0 Å². The summed E-state index contributed by atoms with van der Waals surface area (Å²) in [5.41, 5.74) is -0.653. The maximum absolute atomic E-state index is 11.0. The molecule has 0 amide bonds. The Morgan fingerprint density at radius 2 is 2.45 bits per heavy atom. The molecular formula is C7H11ClO3. The molecule has 0 bridgehead atoms. The summed E-state index contributed by atoms with van der Waals surface area (Å²) in [6, 6.07) is 0. The minimum absolute atomic E-state index is 0.339. The first-order valence-electron chi connectivity index (χ1n) is 3.67. The Bertz CT molecular complexity index is 160. The van der Waals surface area contributed by atoms with Crippen LogP contribution in [0.15, 0.2) is 0 Å². The number of aliphatic hydroxyl groups is 1. The maximum atomic E-state index is 11.0. The van der Waals surface area contributed by atoms with Crippen molar-refractivity contribution >= 4 is 17.6 Å². The normalized spacial score (nSPS) is 38.5. The molecule has 0 saturated carbocycles. The minimum atomic E-state index is -0.653. The summed E-state index contributed by atoms with van der Waals surface area (Å²) in [6.07, 6.45) is 0.304. The molecule has 0 spiro atoms. The third kappa shape index (κ3) is 1.84. The third-order valence-corrected chi connectivity index (χ3v) is 2.15. The number of rotatable bonds is 1. The topological polar surface area (TPSA) is 46.5 Å². The highest BCUT2D eigenvalue weighted by Crippen LogP contribution is 2.24. The predicted molar refractivity (Wildman–Crippen MR) is 40.1 cm³/mol. The summed E-state index contributed by atoms with van der Waals surface area (Å²) in [6.45, 7) is 1.84. The SMILES string of the molecule is CC[C@@H]1C(=O)O[C@H](Cl)C[C@@H]1O. The fourth-order valence-electron chi connectivity index (χ4n) is 1.21. The molecule has 1 aliphatic heterocycles. The third-order valence-electron chi connectivity index (χ3n) is 1.88. The monoisotopic (exact) mass is 178 g/mol. The number of hydrogen-bond donors (Lipinski definition) is 1. The van der Waals surface area contributed by atoms with Crippen LogP contribution in [0.5, 0.6) is 0 Å². The Hall–Kier alpha value is -0.280. The number of ether oxygens (including phenoxy) is 1. The predicted octanol–water partition coefficient (Wildman–Crippen LogP) is 0.885. The number of esters is 1. The Morgan fingerprint density at radius 1 is 1.82 bits per heavy atom. The van der Waals surface area contributed by atoms with E-state index < -0.39 is 11.7 Å². The molecular weight excluding hydrogens is 168 g/mol. The lowest BCUT2D eigenvalue weighted by atomic mass is 9.95. The number of cyclic esters (lactones) is 1. The van der Waals surface area contributed by atoms with Gasteiger partial charge in [0.1, 0.15) is 0 Å². The van der Waals surface area contributed by atoms with Crippen molar-refractivity contribution in [1.82, 2.24) is 0 Å². The zero-order valence-electron chi connectivity index (χ0n) is 6.29. The van der Waals surface area contributed by atoms with Crippen molar-refractivity contribution in [2.75, 3.05) is 0 Å². The van der Waals surface area contributed by atoms with E-state index >= 15 is 0 Å². The van der Waals surface area contributed by atoms with Crippen molar-refractivity contribution in [2.45, 2.75) is 31.4 Å². The van der Waals surface area contributed by atoms with Gasteiger partial charge in [0.05, 0.1) is 12.0 Å². The number of aliphatic hydroxyl groups excluding tert-OH is 1. The fraction of sp³-hybridized carbons (Fsp3) is 0.857. The van der Waals surface area contributed by atoms with Gasteiger partial charge in [-0.15, -0.1) is 0 Å². The Kier molecular flexibility index (Phi) is 2.73. The Morgan fingerprint density at radius 3 is 2.91 bits per heavy atom. The molecule has 3 atom stereocenters. The Labute approximate surface area is 70.3 Å². The van der Waals surface area contributed by atoms with Gasteiger partial charge in [0.25, 0.3) is 0 Å². The summed E-state index contributed by atoms with van der Waals surface area (Å²) >= 11 is 5.53. The van der Waals surface area contributed by atoms with Gasteiger partial charge >= 0.3 is 5.97 Å². The first-order chi connectivity index (χ1) is 5.15. The lowest BCUT2D eigenvalue weighted by Crippen LogP contribution is -2.38. The van der Waals surface area contributed by atoms with Crippen molar-refractivity contribution in [3.63, 3.8) is 0 Å². The van der Waals surface area contributed by atoms with Gasteiger partial charge in [-0.2, -0.15) is 0 Å². The number of hydrogen-bond acceptors (Lipinski definition) is 3. The molecule has 1 heterocycles. The zero-order chi connectivity index (χ0) is 8.43. The fourth-order valence-corrected chi connectivity index (χ4v) is 1.48. The summed E-state index contributed by atoms with van der Waals surface area (Å²) in [5, 5.41) is 9.32. The molecule has 1 fully saturated rings. The van der Waals surface area contributed by atoms with Crippen molar-refractivity contribution in [3.8, 4) is 0 Å². The highest BCUT2D eigenvalue weighted by Gasteiger charge is 2.35. The van der Waals surface area contributed by atoms with Gasteiger partial charge in [-0.05, 0) is 6.42 Å². The number of carbonyl (C=O) groups excluding carboxylic acids is 1. The molecule has 11 heavy (non-hydrogen) atoms. The maximum Gasteiger partial charge on any atom is 0.313 e.